The molecule has 78 valence electrons. The number of hydrogen-bond donors (Lipinski definition) is 1. The van der Waals surface area contributed by atoms with Gasteiger partial charge in [0.15, 0.2) is 0 Å². The van der Waals surface area contributed by atoms with Crippen molar-refractivity contribution in [3.05, 3.63) is 10.8 Å². The lowest BCUT2D eigenvalue weighted by molar-refractivity contribution is 0.749. The lowest BCUT2D eigenvalue weighted by Crippen LogP contribution is -1.98. The third-order valence-electron chi connectivity index (χ3n) is 1.55. The first kappa shape index (κ1) is 11.8. The highest BCUT2D eigenvalue weighted by Gasteiger charge is 2.08. The third-order valence-corrected chi connectivity index (χ3v) is 3.98. The van der Waals surface area contributed by atoms with Crippen LogP contribution in [0.1, 0.15) is 13.8 Å². The van der Waals surface area contributed by atoms with E-state index in [1.165, 1.54) is 0 Å². The lowest BCUT2D eigenvalue weighted by Gasteiger charge is -2.08. The molecular formula is C9H14BrN3S. The zero-order chi connectivity index (χ0) is 10.6. The van der Waals surface area contributed by atoms with Crippen LogP contribution in [0.2, 0.25) is 0 Å². The lowest BCUT2D eigenvalue weighted by atomic mass is 10.3. The number of halogens is 1. The summed E-state index contributed by atoms with van der Waals surface area (Å²) >= 11 is 5.23. The summed E-state index contributed by atoms with van der Waals surface area (Å²) in [7, 11) is 1.85. The Bertz CT molecular complexity index is 304. The quantitative estimate of drug-likeness (QED) is 0.677. The molecule has 1 aromatic rings. The van der Waals surface area contributed by atoms with Crippen LogP contribution in [0.4, 0.5) is 5.82 Å². The van der Waals surface area contributed by atoms with Gasteiger partial charge in [0.25, 0.3) is 0 Å². The van der Waals surface area contributed by atoms with Gasteiger partial charge in [-0.1, -0.05) is 13.8 Å². The van der Waals surface area contributed by atoms with Crippen LogP contribution in [0.15, 0.2) is 15.8 Å². The number of nitrogens with one attached hydrogen (secondary N) is 1. The van der Waals surface area contributed by atoms with Gasteiger partial charge in [0, 0.05) is 12.8 Å². The first-order valence-corrected chi connectivity index (χ1v) is 6.24. The standard InChI is InChI=1S/C9H14BrN3S/c1-6(2)4-14-9-7(10)8(11-3)12-5-13-9/h5-6H,4H2,1-3H3,(H,11,12,13). The Hall–Kier alpha value is -0.290. The highest BCUT2D eigenvalue weighted by molar-refractivity contribution is 9.10. The van der Waals surface area contributed by atoms with E-state index in [2.05, 4.69) is 45.1 Å². The Kier molecular flexibility index (Phi) is 4.68. The Morgan fingerprint density at radius 1 is 1.50 bits per heavy atom. The van der Waals surface area contributed by atoms with Gasteiger partial charge in [0.2, 0.25) is 0 Å². The van der Waals surface area contributed by atoms with Crippen LogP contribution in [-0.2, 0) is 0 Å². The Labute approximate surface area is 97.2 Å². The van der Waals surface area contributed by atoms with Gasteiger partial charge in [0.05, 0.1) is 4.47 Å². The molecule has 1 heterocycles. The number of aromatic nitrogens is 2. The highest BCUT2D eigenvalue weighted by atomic mass is 79.9. The molecule has 0 fully saturated rings. The first-order valence-electron chi connectivity index (χ1n) is 4.46. The van der Waals surface area contributed by atoms with E-state index in [4.69, 9.17) is 0 Å². The Morgan fingerprint density at radius 3 is 2.79 bits per heavy atom. The van der Waals surface area contributed by atoms with E-state index in [9.17, 15) is 0 Å². The minimum absolute atomic E-state index is 0.667. The molecule has 5 heteroatoms. The molecule has 0 saturated carbocycles. The van der Waals surface area contributed by atoms with Gasteiger partial charge in [-0.25, -0.2) is 9.97 Å². The second-order valence-electron chi connectivity index (χ2n) is 3.30. The van der Waals surface area contributed by atoms with Crippen molar-refractivity contribution in [2.45, 2.75) is 18.9 Å². The van der Waals surface area contributed by atoms with Gasteiger partial charge in [-0.05, 0) is 21.8 Å². The number of rotatable bonds is 4. The number of anilines is 1. The van der Waals surface area contributed by atoms with E-state index in [1.54, 1.807) is 18.1 Å². The average molecular weight is 276 g/mol. The summed E-state index contributed by atoms with van der Waals surface area (Å²) < 4.78 is 0.952. The molecule has 1 aromatic heterocycles. The minimum atomic E-state index is 0.667. The van der Waals surface area contributed by atoms with Crippen LogP contribution >= 0.6 is 27.7 Å². The molecule has 0 unspecified atom stereocenters. The van der Waals surface area contributed by atoms with Crippen LogP contribution in [0.25, 0.3) is 0 Å². The van der Waals surface area contributed by atoms with Gasteiger partial charge in [0.1, 0.15) is 17.2 Å². The molecule has 0 radical (unpaired) electrons. The summed E-state index contributed by atoms with van der Waals surface area (Å²) in [6.07, 6.45) is 1.58. The maximum absolute atomic E-state index is 4.22. The van der Waals surface area contributed by atoms with Crippen molar-refractivity contribution >= 4 is 33.5 Å². The maximum atomic E-state index is 4.22. The van der Waals surface area contributed by atoms with Gasteiger partial charge in [-0.2, -0.15) is 0 Å². The zero-order valence-electron chi connectivity index (χ0n) is 8.54. The summed E-state index contributed by atoms with van der Waals surface area (Å²) in [6.45, 7) is 4.39. The van der Waals surface area contributed by atoms with E-state index >= 15 is 0 Å². The van der Waals surface area contributed by atoms with Crippen molar-refractivity contribution in [2.75, 3.05) is 18.1 Å². The molecule has 3 nitrogen and oxygen atoms in total. The maximum Gasteiger partial charge on any atom is 0.144 e. The first-order chi connectivity index (χ1) is 6.65. The molecule has 0 atom stereocenters. The summed E-state index contributed by atoms with van der Waals surface area (Å²) in [5, 5.41) is 4.01. The van der Waals surface area contributed by atoms with E-state index in [0.717, 1.165) is 21.1 Å². The fourth-order valence-corrected chi connectivity index (χ4v) is 2.46. The van der Waals surface area contributed by atoms with Crippen molar-refractivity contribution in [3.63, 3.8) is 0 Å². The van der Waals surface area contributed by atoms with Crippen LogP contribution in [0.3, 0.4) is 0 Å². The second-order valence-corrected chi connectivity index (χ2v) is 5.10. The topological polar surface area (TPSA) is 37.8 Å². The number of hydrogen-bond acceptors (Lipinski definition) is 4. The third kappa shape index (κ3) is 3.13. The predicted octanol–water partition coefficient (Wildman–Crippen LogP) is 3.03. The van der Waals surface area contributed by atoms with Crippen LogP contribution in [-0.4, -0.2) is 22.8 Å². The van der Waals surface area contributed by atoms with Gasteiger partial charge in [-0.3, -0.25) is 0 Å². The molecule has 0 bridgehead atoms. The molecule has 0 aromatic carbocycles. The number of thioether (sulfide) groups is 1. The molecule has 1 N–H and O–H groups in total. The summed E-state index contributed by atoms with van der Waals surface area (Å²) in [5.41, 5.74) is 0. The molecule has 0 amide bonds. The van der Waals surface area contributed by atoms with E-state index in [-0.39, 0.29) is 0 Å². The van der Waals surface area contributed by atoms with Gasteiger partial charge in [-0.15, -0.1) is 11.8 Å². The fraction of sp³-hybridized carbons (Fsp3) is 0.556. The SMILES string of the molecule is CNc1ncnc(SCC(C)C)c1Br. The van der Waals surface area contributed by atoms with Crippen LogP contribution < -0.4 is 5.32 Å². The highest BCUT2D eigenvalue weighted by Crippen LogP contribution is 2.30. The second kappa shape index (κ2) is 5.56. The molecule has 0 aliphatic heterocycles. The molecule has 0 aliphatic carbocycles. The molecular weight excluding hydrogens is 262 g/mol. The molecule has 0 saturated heterocycles. The number of nitrogens with zero attached hydrogens (tertiary/aromatic N) is 2. The van der Waals surface area contributed by atoms with Crippen molar-refractivity contribution in [1.29, 1.82) is 0 Å². The van der Waals surface area contributed by atoms with Crippen molar-refractivity contribution in [2.24, 2.45) is 5.92 Å². The van der Waals surface area contributed by atoms with Gasteiger partial charge >= 0.3 is 0 Å². The largest absolute Gasteiger partial charge is 0.372 e. The van der Waals surface area contributed by atoms with Crippen molar-refractivity contribution in [1.82, 2.24) is 9.97 Å². The zero-order valence-corrected chi connectivity index (χ0v) is 10.9. The van der Waals surface area contributed by atoms with Crippen molar-refractivity contribution in [3.8, 4) is 0 Å². The molecule has 1 rings (SSSR count). The fourth-order valence-electron chi connectivity index (χ4n) is 0.874. The van der Waals surface area contributed by atoms with E-state index in [0.29, 0.717) is 5.92 Å². The van der Waals surface area contributed by atoms with E-state index < -0.39 is 0 Å². The Morgan fingerprint density at radius 2 is 2.21 bits per heavy atom. The minimum Gasteiger partial charge on any atom is -0.372 e. The average Bonchev–Trinajstić information content (AvgIpc) is 2.16. The Balaban J connectivity index is 2.76. The molecule has 14 heavy (non-hydrogen) atoms. The molecule has 0 aliphatic rings. The smallest absolute Gasteiger partial charge is 0.144 e. The monoisotopic (exact) mass is 275 g/mol. The van der Waals surface area contributed by atoms with Gasteiger partial charge < -0.3 is 5.32 Å². The summed E-state index contributed by atoms with van der Waals surface area (Å²) in [4.78, 5) is 8.33. The summed E-state index contributed by atoms with van der Waals surface area (Å²) in [6, 6.07) is 0. The van der Waals surface area contributed by atoms with Crippen LogP contribution in [0.5, 0.6) is 0 Å². The normalized spacial score (nSPS) is 10.6. The summed E-state index contributed by atoms with van der Waals surface area (Å²) in [5.74, 6) is 2.57. The van der Waals surface area contributed by atoms with E-state index in [1.807, 2.05) is 7.05 Å². The van der Waals surface area contributed by atoms with Crippen molar-refractivity contribution < 1.29 is 0 Å². The molecule has 0 spiro atoms. The predicted molar refractivity (Wildman–Crippen MR) is 64.8 cm³/mol. The van der Waals surface area contributed by atoms with Crippen LogP contribution in [0, 0.1) is 5.92 Å².